The highest BCUT2D eigenvalue weighted by atomic mass is 15.3. The smallest absolute Gasteiger partial charge is 0.0991 e. The molecule has 1 aromatic heterocycles. The molecule has 0 spiro atoms. The normalized spacial score (nSPS) is 10.1. The fraction of sp³-hybridized carbons (Fsp3) is 0.286. The Labute approximate surface area is 107 Å². The number of hydrogen-bond donors (Lipinski definition) is 1. The van der Waals surface area contributed by atoms with Crippen LogP contribution in [-0.4, -0.2) is 9.78 Å². The fourth-order valence-electron chi connectivity index (χ4n) is 1.92. The van der Waals surface area contributed by atoms with E-state index in [1.165, 1.54) is 0 Å². The molecular weight excluding hydrogens is 224 g/mol. The molecule has 0 amide bonds. The number of nitriles is 1. The molecule has 1 aromatic carbocycles. The first-order chi connectivity index (χ1) is 8.61. The quantitative estimate of drug-likeness (QED) is 0.896. The molecule has 0 atom stereocenters. The van der Waals surface area contributed by atoms with Gasteiger partial charge in [0.15, 0.2) is 0 Å². The number of benzene rings is 1. The van der Waals surface area contributed by atoms with Gasteiger partial charge in [0.25, 0.3) is 0 Å². The lowest BCUT2D eigenvalue weighted by Gasteiger charge is -2.07. The molecule has 0 radical (unpaired) electrons. The van der Waals surface area contributed by atoms with Crippen molar-refractivity contribution in [1.82, 2.24) is 9.78 Å². The van der Waals surface area contributed by atoms with E-state index in [0.29, 0.717) is 5.56 Å². The summed E-state index contributed by atoms with van der Waals surface area (Å²) < 4.78 is 1.87. The maximum atomic E-state index is 8.74. The van der Waals surface area contributed by atoms with Crippen molar-refractivity contribution >= 4 is 5.69 Å². The molecule has 4 nitrogen and oxygen atoms in total. The van der Waals surface area contributed by atoms with Crippen LogP contribution in [0.5, 0.6) is 0 Å². The van der Waals surface area contributed by atoms with Gasteiger partial charge in [-0.05, 0) is 31.5 Å². The van der Waals surface area contributed by atoms with Crippen molar-refractivity contribution in [2.45, 2.75) is 20.4 Å². The van der Waals surface area contributed by atoms with Gasteiger partial charge in [-0.25, -0.2) is 0 Å². The van der Waals surface area contributed by atoms with Crippen molar-refractivity contribution in [3.8, 4) is 6.07 Å². The molecule has 0 aliphatic heterocycles. The number of nitrogens with one attached hydrogen (secondary N) is 1. The zero-order valence-electron chi connectivity index (χ0n) is 10.9. The molecule has 0 bridgehead atoms. The van der Waals surface area contributed by atoms with Gasteiger partial charge in [0.2, 0.25) is 0 Å². The summed E-state index contributed by atoms with van der Waals surface area (Å²) in [6.45, 7) is 4.77. The van der Waals surface area contributed by atoms with E-state index in [9.17, 15) is 0 Å². The van der Waals surface area contributed by atoms with Crippen LogP contribution in [0.15, 0.2) is 24.3 Å². The molecule has 2 rings (SSSR count). The monoisotopic (exact) mass is 240 g/mol. The number of aromatic nitrogens is 2. The molecular formula is C14H16N4. The zero-order chi connectivity index (χ0) is 13.1. The number of nitrogens with zero attached hydrogens (tertiary/aromatic N) is 3. The van der Waals surface area contributed by atoms with E-state index in [2.05, 4.69) is 16.5 Å². The van der Waals surface area contributed by atoms with Crippen LogP contribution in [0, 0.1) is 25.2 Å². The van der Waals surface area contributed by atoms with E-state index in [-0.39, 0.29) is 0 Å². The maximum absolute atomic E-state index is 8.74. The van der Waals surface area contributed by atoms with Crippen LogP contribution in [0.25, 0.3) is 0 Å². The average molecular weight is 240 g/mol. The molecule has 2 aromatic rings. The second-order valence-corrected chi connectivity index (χ2v) is 4.33. The van der Waals surface area contributed by atoms with Gasteiger partial charge in [0.05, 0.1) is 28.7 Å². The molecule has 0 aliphatic rings. The van der Waals surface area contributed by atoms with Crippen molar-refractivity contribution in [2.75, 3.05) is 5.32 Å². The van der Waals surface area contributed by atoms with Gasteiger partial charge in [-0.3, -0.25) is 4.68 Å². The Morgan fingerprint density at radius 3 is 2.44 bits per heavy atom. The Hall–Kier alpha value is -2.28. The summed E-state index contributed by atoms with van der Waals surface area (Å²) in [5, 5.41) is 16.5. The lowest BCUT2D eigenvalue weighted by molar-refractivity contribution is 0.731. The van der Waals surface area contributed by atoms with Crippen LogP contribution < -0.4 is 5.32 Å². The molecule has 1 N–H and O–H groups in total. The van der Waals surface area contributed by atoms with E-state index in [0.717, 1.165) is 29.2 Å². The Bertz CT molecular complexity index is 587. The molecule has 0 aliphatic carbocycles. The van der Waals surface area contributed by atoms with Gasteiger partial charge in [-0.1, -0.05) is 12.1 Å². The highest BCUT2D eigenvalue weighted by molar-refractivity contribution is 5.52. The Morgan fingerprint density at radius 1 is 1.28 bits per heavy atom. The van der Waals surface area contributed by atoms with Crippen LogP contribution in [-0.2, 0) is 13.6 Å². The predicted octanol–water partition coefficient (Wildman–Crippen LogP) is 2.52. The molecule has 92 valence electrons. The third-order valence-corrected chi connectivity index (χ3v) is 3.06. The Balaban J connectivity index is 2.09. The van der Waals surface area contributed by atoms with Crippen molar-refractivity contribution in [1.29, 1.82) is 5.26 Å². The number of hydrogen-bond acceptors (Lipinski definition) is 3. The van der Waals surface area contributed by atoms with Gasteiger partial charge in [0.1, 0.15) is 0 Å². The fourth-order valence-corrected chi connectivity index (χ4v) is 1.92. The standard InChI is InChI=1S/C14H16N4/c1-10-14(11(2)18(3)17-10)16-9-13-6-4-12(8-15)5-7-13/h4-7,16H,9H2,1-3H3. The summed E-state index contributed by atoms with van der Waals surface area (Å²) in [6, 6.07) is 9.71. The summed E-state index contributed by atoms with van der Waals surface area (Å²) in [7, 11) is 1.94. The van der Waals surface area contributed by atoms with Crippen LogP contribution in [0.3, 0.4) is 0 Å². The van der Waals surface area contributed by atoms with Gasteiger partial charge in [-0.15, -0.1) is 0 Å². The van der Waals surface area contributed by atoms with E-state index in [4.69, 9.17) is 5.26 Å². The van der Waals surface area contributed by atoms with Crippen LogP contribution >= 0.6 is 0 Å². The molecule has 4 heteroatoms. The first-order valence-electron chi connectivity index (χ1n) is 5.85. The molecule has 1 heterocycles. The van der Waals surface area contributed by atoms with E-state index >= 15 is 0 Å². The highest BCUT2D eigenvalue weighted by Gasteiger charge is 2.08. The lowest BCUT2D eigenvalue weighted by Crippen LogP contribution is -2.01. The van der Waals surface area contributed by atoms with Crippen LogP contribution in [0.4, 0.5) is 5.69 Å². The number of rotatable bonds is 3. The highest BCUT2D eigenvalue weighted by Crippen LogP contribution is 2.19. The van der Waals surface area contributed by atoms with E-state index < -0.39 is 0 Å². The van der Waals surface area contributed by atoms with Crippen molar-refractivity contribution in [3.63, 3.8) is 0 Å². The number of aryl methyl sites for hydroxylation is 2. The maximum Gasteiger partial charge on any atom is 0.0991 e. The molecule has 0 saturated heterocycles. The van der Waals surface area contributed by atoms with Gasteiger partial charge in [0, 0.05) is 13.6 Å². The third-order valence-electron chi connectivity index (χ3n) is 3.06. The molecule has 0 saturated carbocycles. The summed E-state index contributed by atoms with van der Waals surface area (Å²) >= 11 is 0. The first kappa shape index (κ1) is 12.2. The number of anilines is 1. The zero-order valence-corrected chi connectivity index (χ0v) is 10.9. The second-order valence-electron chi connectivity index (χ2n) is 4.33. The summed E-state index contributed by atoms with van der Waals surface area (Å²) in [5.41, 5.74) is 5.05. The van der Waals surface area contributed by atoms with Crippen LogP contribution in [0.1, 0.15) is 22.5 Å². The van der Waals surface area contributed by atoms with E-state index in [1.54, 1.807) is 0 Å². The average Bonchev–Trinajstić information content (AvgIpc) is 2.62. The third kappa shape index (κ3) is 2.35. The lowest BCUT2D eigenvalue weighted by atomic mass is 10.1. The minimum atomic E-state index is 0.687. The molecule has 18 heavy (non-hydrogen) atoms. The minimum Gasteiger partial charge on any atom is -0.378 e. The largest absolute Gasteiger partial charge is 0.378 e. The summed E-state index contributed by atoms with van der Waals surface area (Å²) in [5.74, 6) is 0. The SMILES string of the molecule is Cc1nn(C)c(C)c1NCc1ccc(C#N)cc1. The minimum absolute atomic E-state index is 0.687. The topological polar surface area (TPSA) is 53.6 Å². The Morgan fingerprint density at radius 2 is 1.94 bits per heavy atom. The van der Waals surface area contributed by atoms with E-state index in [1.807, 2.05) is 49.8 Å². The molecule has 0 unspecified atom stereocenters. The summed E-state index contributed by atoms with van der Waals surface area (Å²) in [6.07, 6.45) is 0. The predicted molar refractivity (Wildman–Crippen MR) is 71.2 cm³/mol. The Kier molecular flexibility index (Phi) is 3.33. The molecule has 0 fully saturated rings. The van der Waals surface area contributed by atoms with Gasteiger partial charge in [-0.2, -0.15) is 10.4 Å². The van der Waals surface area contributed by atoms with Crippen molar-refractivity contribution in [2.24, 2.45) is 7.05 Å². The van der Waals surface area contributed by atoms with Crippen LogP contribution in [0.2, 0.25) is 0 Å². The summed E-state index contributed by atoms with van der Waals surface area (Å²) in [4.78, 5) is 0. The van der Waals surface area contributed by atoms with Gasteiger partial charge < -0.3 is 5.32 Å². The van der Waals surface area contributed by atoms with Crippen molar-refractivity contribution in [3.05, 3.63) is 46.8 Å². The van der Waals surface area contributed by atoms with Crippen molar-refractivity contribution < 1.29 is 0 Å². The van der Waals surface area contributed by atoms with Gasteiger partial charge >= 0.3 is 0 Å². The second kappa shape index (κ2) is 4.92. The first-order valence-corrected chi connectivity index (χ1v) is 5.85.